The Labute approximate surface area is 165 Å². The Hall–Kier alpha value is -2.73. The van der Waals surface area contributed by atoms with Crippen LogP contribution >= 0.6 is 15.9 Å². The monoisotopic (exact) mass is 423 g/mol. The Morgan fingerprint density at radius 1 is 1.26 bits per heavy atom. The zero-order chi connectivity index (χ0) is 18.8. The summed E-state index contributed by atoms with van der Waals surface area (Å²) in [6.07, 6.45) is 2.98. The van der Waals surface area contributed by atoms with Crippen LogP contribution in [-0.4, -0.2) is 20.9 Å². The second kappa shape index (κ2) is 7.48. The van der Waals surface area contributed by atoms with Crippen molar-refractivity contribution in [3.05, 3.63) is 76.6 Å². The number of benzene rings is 2. The second-order valence-corrected chi connectivity index (χ2v) is 7.40. The fraction of sp³-hybridized carbons (Fsp3) is 0.190. The Morgan fingerprint density at radius 3 is 2.81 bits per heavy atom. The highest BCUT2D eigenvalue weighted by atomic mass is 79.9. The third-order valence-corrected chi connectivity index (χ3v) is 5.20. The number of halogens is 1. The van der Waals surface area contributed by atoms with Gasteiger partial charge in [0, 0.05) is 23.0 Å². The maximum Gasteiger partial charge on any atom is 0.249 e. The minimum Gasteiger partial charge on any atom is -0.337 e. The van der Waals surface area contributed by atoms with Gasteiger partial charge in [-0.15, -0.1) is 0 Å². The van der Waals surface area contributed by atoms with Gasteiger partial charge in [0.15, 0.2) is 0 Å². The first-order chi connectivity index (χ1) is 13.1. The van der Waals surface area contributed by atoms with E-state index in [2.05, 4.69) is 32.6 Å². The lowest BCUT2D eigenvalue weighted by Gasteiger charge is -2.22. The van der Waals surface area contributed by atoms with E-state index in [9.17, 15) is 4.79 Å². The molecular weight excluding hydrogens is 406 g/mol. The van der Waals surface area contributed by atoms with Gasteiger partial charge in [-0.05, 0) is 29.7 Å². The molecule has 5 nitrogen and oxygen atoms in total. The third kappa shape index (κ3) is 3.71. The summed E-state index contributed by atoms with van der Waals surface area (Å²) in [5.74, 6) is 1.12. The van der Waals surface area contributed by atoms with Crippen molar-refractivity contribution in [1.29, 1.82) is 0 Å². The molecule has 1 atom stereocenters. The Bertz CT molecular complexity index is 981. The van der Waals surface area contributed by atoms with E-state index in [-0.39, 0.29) is 11.9 Å². The van der Waals surface area contributed by atoms with Crippen LogP contribution < -0.4 is 0 Å². The Morgan fingerprint density at radius 2 is 2.07 bits per heavy atom. The first-order valence-electron chi connectivity index (χ1n) is 8.74. The Kier molecular flexibility index (Phi) is 4.90. The third-order valence-electron chi connectivity index (χ3n) is 4.71. The summed E-state index contributed by atoms with van der Waals surface area (Å²) >= 11 is 3.45. The van der Waals surface area contributed by atoms with Crippen molar-refractivity contribution in [3.8, 4) is 11.4 Å². The van der Waals surface area contributed by atoms with E-state index in [1.54, 1.807) is 6.08 Å². The molecule has 2 aromatic carbocycles. The van der Waals surface area contributed by atoms with Gasteiger partial charge in [0.05, 0.1) is 0 Å². The van der Waals surface area contributed by atoms with Gasteiger partial charge >= 0.3 is 0 Å². The highest BCUT2D eigenvalue weighted by molar-refractivity contribution is 9.10. The van der Waals surface area contributed by atoms with Crippen LogP contribution in [0, 0.1) is 0 Å². The number of likely N-dealkylation sites (tertiary alicyclic amines) is 1. The molecule has 0 spiro atoms. The highest BCUT2D eigenvalue weighted by Crippen LogP contribution is 2.34. The fourth-order valence-electron chi connectivity index (χ4n) is 3.26. The molecule has 1 fully saturated rings. The van der Waals surface area contributed by atoms with Crippen LogP contribution in [-0.2, 0) is 11.3 Å². The van der Waals surface area contributed by atoms with E-state index in [4.69, 9.17) is 4.52 Å². The zero-order valence-electron chi connectivity index (χ0n) is 14.6. The first kappa shape index (κ1) is 17.7. The number of carbonyl (C=O) groups is 1. The average molecular weight is 424 g/mol. The van der Waals surface area contributed by atoms with E-state index in [1.807, 2.05) is 53.4 Å². The molecule has 0 N–H and O–H groups in total. The number of aromatic nitrogens is 2. The summed E-state index contributed by atoms with van der Waals surface area (Å²) in [6, 6.07) is 15.6. The molecule has 0 radical (unpaired) electrons. The lowest BCUT2D eigenvalue weighted by atomic mass is 10.1. The van der Waals surface area contributed by atoms with Crippen LogP contribution in [0.3, 0.4) is 0 Å². The van der Waals surface area contributed by atoms with Crippen LogP contribution in [0.2, 0.25) is 0 Å². The summed E-state index contributed by atoms with van der Waals surface area (Å²) in [5, 5.41) is 4.11. The van der Waals surface area contributed by atoms with Crippen molar-refractivity contribution in [1.82, 2.24) is 15.0 Å². The fourth-order valence-corrected chi connectivity index (χ4v) is 3.66. The van der Waals surface area contributed by atoms with Crippen LogP contribution in [0.15, 0.2) is 64.1 Å². The molecule has 1 saturated heterocycles. The van der Waals surface area contributed by atoms with Crippen molar-refractivity contribution >= 4 is 27.9 Å². The van der Waals surface area contributed by atoms with Gasteiger partial charge in [-0.1, -0.05) is 70.1 Å². The van der Waals surface area contributed by atoms with Crippen molar-refractivity contribution in [2.24, 2.45) is 0 Å². The number of rotatable bonds is 5. The molecule has 4 rings (SSSR count). The van der Waals surface area contributed by atoms with Gasteiger partial charge in [0.2, 0.25) is 17.6 Å². The maximum atomic E-state index is 12.4. The number of hydrogen-bond acceptors (Lipinski definition) is 4. The number of carbonyl (C=O) groups excluding carboxylic acids is 1. The van der Waals surface area contributed by atoms with Crippen molar-refractivity contribution in [3.63, 3.8) is 0 Å². The summed E-state index contributed by atoms with van der Waals surface area (Å²) in [5.41, 5.74) is 2.99. The molecule has 1 aliphatic heterocycles. The molecule has 1 unspecified atom stereocenters. The maximum absolute atomic E-state index is 12.4. The molecule has 136 valence electrons. The molecule has 1 aliphatic rings. The molecule has 1 aromatic heterocycles. The number of hydrogen-bond donors (Lipinski definition) is 0. The highest BCUT2D eigenvalue weighted by Gasteiger charge is 2.36. The SMILES string of the molecule is C=Cc1ccc(CN2C(=O)CCC2c2nc(-c3cccc(Br)c3)no2)cc1. The number of nitrogens with zero attached hydrogens (tertiary/aromatic N) is 3. The van der Waals surface area contributed by atoms with Gasteiger partial charge in [-0.2, -0.15) is 4.98 Å². The summed E-state index contributed by atoms with van der Waals surface area (Å²) in [7, 11) is 0. The van der Waals surface area contributed by atoms with Crippen molar-refractivity contribution < 1.29 is 9.32 Å². The molecule has 6 heteroatoms. The van der Waals surface area contributed by atoms with E-state index < -0.39 is 0 Å². The van der Waals surface area contributed by atoms with E-state index >= 15 is 0 Å². The van der Waals surface area contributed by atoms with Gasteiger partial charge in [-0.25, -0.2) is 0 Å². The van der Waals surface area contributed by atoms with E-state index in [1.165, 1.54) is 0 Å². The summed E-state index contributed by atoms with van der Waals surface area (Å²) in [6.45, 7) is 4.29. The lowest BCUT2D eigenvalue weighted by Crippen LogP contribution is -2.27. The molecule has 27 heavy (non-hydrogen) atoms. The topological polar surface area (TPSA) is 59.2 Å². The van der Waals surface area contributed by atoms with Gasteiger partial charge in [0.1, 0.15) is 6.04 Å². The molecule has 2 heterocycles. The van der Waals surface area contributed by atoms with E-state index in [0.29, 0.717) is 31.1 Å². The van der Waals surface area contributed by atoms with Gasteiger partial charge in [0.25, 0.3) is 0 Å². The minimum absolute atomic E-state index is 0.106. The average Bonchev–Trinajstić information content (AvgIpc) is 3.30. The van der Waals surface area contributed by atoms with Crippen molar-refractivity contribution in [2.45, 2.75) is 25.4 Å². The molecule has 1 amide bonds. The number of amides is 1. The predicted octanol–water partition coefficient (Wildman–Crippen LogP) is 5.01. The summed E-state index contributed by atoms with van der Waals surface area (Å²) in [4.78, 5) is 18.8. The molecule has 0 saturated carbocycles. The second-order valence-electron chi connectivity index (χ2n) is 6.49. The Balaban J connectivity index is 1.56. The molecular formula is C21H18BrN3O2. The smallest absolute Gasteiger partial charge is 0.249 e. The van der Waals surface area contributed by atoms with Gasteiger partial charge < -0.3 is 9.42 Å². The lowest BCUT2D eigenvalue weighted by molar-refractivity contribution is -0.129. The van der Waals surface area contributed by atoms with Gasteiger partial charge in [-0.3, -0.25) is 4.79 Å². The molecule has 0 aliphatic carbocycles. The van der Waals surface area contributed by atoms with Crippen LogP contribution in [0.1, 0.15) is 35.9 Å². The molecule has 3 aromatic rings. The van der Waals surface area contributed by atoms with Crippen LogP contribution in [0.5, 0.6) is 0 Å². The van der Waals surface area contributed by atoms with Crippen LogP contribution in [0.25, 0.3) is 17.5 Å². The van der Waals surface area contributed by atoms with Crippen LogP contribution in [0.4, 0.5) is 0 Å². The zero-order valence-corrected chi connectivity index (χ0v) is 16.2. The largest absolute Gasteiger partial charge is 0.337 e. The summed E-state index contributed by atoms with van der Waals surface area (Å²) < 4.78 is 6.46. The van der Waals surface area contributed by atoms with E-state index in [0.717, 1.165) is 21.2 Å². The standard InChI is InChI=1S/C21H18BrN3O2/c1-2-14-6-8-15(9-7-14)13-25-18(10-11-19(25)26)21-23-20(24-27-21)16-4-3-5-17(22)12-16/h2-9,12,18H,1,10-11,13H2. The minimum atomic E-state index is -0.190. The normalized spacial score (nSPS) is 16.7. The predicted molar refractivity (Wildman–Crippen MR) is 106 cm³/mol. The van der Waals surface area contributed by atoms with Crippen molar-refractivity contribution in [2.75, 3.05) is 0 Å². The molecule has 0 bridgehead atoms. The quantitative estimate of drug-likeness (QED) is 0.578. The first-order valence-corrected chi connectivity index (χ1v) is 9.54.